The maximum Gasteiger partial charge on any atom is 0.251 e. The zero-order chi connectivity index (χ0) is 19.7. The molecule has 0 aromatic heterocycles. The Morgan fingerprint density at radius 1 is 1.18 bits per heavy atom. The molecule has 1 saturated heterocycles. The fraction of sp³-hybridized carbons (Fsp3) is 0.318. The molecule has 2 aliphatic heterocycles. The van der Waals surface area contributed by atoms with Gasteiger partial charge in [0.2, 0.25) is 5.91 Å². The minimum absolute atomic E-state index is 0.00839. The Hall–Kier alpha value is -3.33. The van der Waals surface area contributed by atoms with Gasteiger partial charge in [-0.2, -0.15) is 5.26 Å². The standard InChI is InChI=1S/C22H22N4O2/c1-24-21(27)16-6-2-5-15(13-16)17-7-3-8-19-18(17)10-12-26(19)22(28)20-9-4-11-25(20)14-23/h2-3,5-8,13,20H,4,9-12H2,1H3,(H,24,27)/t20-/m0/s1. The number of hydrogen-bond acceptors (Lipinski definition) is 4. The predicted octanol–water partition coefficient (Wildman–Crippen LogP) is 2.55. The van der Waals surface area contributed by atoms with E-state index in [0.29, 0.717) is 18.7 Å². The minimum Gasteiger partial charge on any atom is -0.355 e. The van der Waals surface area contributed by atoms with Crippen LogP contribution < -0.4 is 10.2 Å². The van der Waals surface area contributed by atoms with E-state index in [4.69, 9.17) is 0 Å². The second kappa shape index (κ2) is 7.35. The van der Waals surface area contributed by atoms with Gasteiger partial charge in [0.25, 0.3) is 5.91 Å². The number of anilines is 1. The fourth-order valence-corrected chi connectivity index (χ4v) is 4.23. The Kier molecular flexibility index (Phi) is 4.74. The summed E-state index contributed by atoms with van der Waals surface area (Å²) in [6.45, 7) is 1.27. The maximum absolute atomic E-state index is 13.1. The number of rotatable bonds is 3. The van der Waals surface area contributed by atoms with Crippen molar-refractivity contribution in [2.75, 3.05) is 25.0 Å². The number of nitriles is 1. The molecule has 0 saturated carbocycles. The van der Waals surface area contributed by atoms with Crippen LogP contribution in [-0.4, -0.2) is 42.9 Å². The van der Waals surface area contributed by atoms with Crippen molar-refractivity contribution in [3.8, 4) is 17.3 Å². The molecule has 1 atom stereocenters. The van der Waals surface area contributed by atoms with Crippen LogP contribution in [-0.2, 0) is 11.2 Å². The topological polar surface area (TPSA) is 76.4 Å². The van der Waals surface area contributed by atoms with Crippen LogP contribution in [0, 0.1) is 11.5 Å². The van der Waals surface area contributed by atoms with Crippen LogP contribution in [0.5, 0.6) is 0 Å². The van der Waals surface area contributed by atoms with Gasteiger partial charge in [0.05, 0.1) is 0 Å². The third kappa shape index (κ3) is 2.99. The first-order valence-corrected chi connectivity index (χ1v) is 9.56. The number of hydrogen-bond donors (Lipinski definition) is 1. The Balaban J connectivity index is 1.68. The van der Waals surface area contributed by atoms with Crippen LogP contribution in [0.15, 0.2) is 42.5 Å². The van der Waals surface area contributed by atoms with Crippen LogP contribution in [0.2, 0.25) is 0 Å². The van der Waals surface area contributed by atoms with E-state index in [2.05, 4.69) is 11.5 Å². The molecule has 6 nitrogen and oxygen atoms in total. The fourth-order valence-electron chi connectivity index (χ4n) is 4.23. The Labute approximate surface area is 164 Å². The first-order chi connectivity index (χ1) is 13.6. The first-order valence-electron chi connectivity index (χ1n) is 9.56. The minimum atomic E-state index is -0.351. The number of fused-ring (bicyclic) bond motifs is 1. The first kappa shape index (κ1) is 18.1. The van der Waals surface area contributed by atoms with E-state index in [9.17, 15) is 14.9 Å². The monoisotopic (exact) mass is 374 g/mol. The third-order valence-electron chi connectivity index (χ3n) is 5.62. The van der Waals surface area contributed by atoms with E-state index in [-0.39, 0.29) is 17.9 Å². The van der Waals surface area contributed by atoms with Crippen molar-refractivity contribution in [2.45, 2.75) is 25.3 Å². The second-order valence-corrected chi connectivity index (χ2v) is 7.15. The molecule has 2 amide bonds. The predicted molar refractivity (Wildman–Crippen MR) is 107 cm³/mol. The number of nitrogens with zero attached hydrogens (tertiary/aromatic N) is 3. The quantitative estimate of drug-likeness (QED) is 0.838. The number of nitrogens with one attached hydrogen (secondary N) is 1. The molecule has 2 aliphatic rings. The Morgan fingerprint density at radius 3 is 2.79 bits per heavy atom. The van der Waals surface area contributed by atoms with E-state index in [1.807, 2.05) is 41.3 Å². The van der Waals surface area contributed by atoms with Gasteiger partial charge in [-0.05, 0) is 54.2 Å². The molecule has 2 aromatic rings. The van der Waals surface area contributed by atoms with E-state index in [1.54, 1.807) is 18.0 Å². The molecule has 0 aliphatic carbocycles. The number of amides is 2. The van der Waals surface area contributed by atoms with Crippen molar-refractivity contribution in [1.29, 1.82) is 5.26 Å². The van der Waals surface area contributed by atoms with Crippen molar-refractivity contribution in [2.24, 2.45) is 0 Å². The van der Waals surface area contributed by atoms with Crippen LogP contribution in [0.25, 0.3) is 11.1 Å². The van der Waals surface area contributed by atoms with Crippen molar-refractivity contribution in [1.82, 2.24) is 10.2 Å². The van der Waals surface area contributed by atoms with Gasteiger partial charge in [-0.15, -0.1) is 0 Å². The van der Waals surface area contributed by atoms with Crippen molar-refractivity contribution >= 4 is 17.5 Å². The molecule has 142 valence electrons. The smallest absolute Gasteiger partial charge is 0.251 e. The van der Waals surface area contributed by atoms with Crippen LogP contribution in [0.4, 0.5) is 5.69 Å². The lowest BCUT2D eigenvalue weighted by Crippen LogP contribution is -2.43. The molecule has 2 heterocycles. The van der Waals surface area contributed by atoms with E-state index >= 15 is 0 Å². The number of likely N-dealkylation sites (tertiary alicyclic amines) is 1. The van der Waals surface area contributed by atoms with Gasteiger partial charge in [0.15, 0.2) is 6.19 Å². The summed E-state index contributed by atoms with van der Waals surface area (Å²) in [5.41, 5.74) is 4.65. The maximum atomic E-state index is 13.1. The van der Waals surface area contributed by atoms with Crippen LogP contribution >= 0.6 is 0 Å². The van der Waals surface area contributed by atoms with E-state index < -0.39 is 0 Å². The van der Waals surface area contributed by atoms with E-state index in [1.165, 1.54) is 0 Å². The summed E-state index contributed by atoms with van der Waals surface area (Å²) >= 11 is 0. The summed E-state index contributed by atoms with van der Waals surface area (Å²) in [7, 11) is 1.62. The highest BCUT2D eigenvalue weighted by Gasteiger charge is 2.36. The number of carbonyl (C=O) groups excluding carboxylic acids is 2. The SMILES string of the molecule is CNC(=O)c1cccc(-c2cccc3c2CCN3C(=O)[C@@H]2CCCN2C#N)c1. The van der Waals surface area contributed by atoms with Crippen molar-refractivity contribution in [3.63, 3.8) is 0 Å². The highest BCUT2D eigenvalue weighted by Crippen LogP contribution is 2.37. The van der Waals surface area contributed by atoms with Gasteiger partial charge >= 0.3 is 0 Å². The molecule has 1 fully saturated rings. The van der Waals surface area contributed by atoms with Crippen LogP contribution in [0.3, 0.4) is 0 Å². The molecule has 0 spiro atoms. The zero-order valence-corrected chi connectivity index (χ0v) is 15.8. The normalized spacial score (nSPS) is 17.9. The van der Waals surface area contributed by atoms with Gasteiger partial charge in [-0.1, -0.05) is 24.3 Å². The van der Waals surface area contributed by atoms with Gasteiger partial charge < -0.3 is 10.2 Å². The largest absolute Gasteiger partial charge is 0.355 e. The molecule has 0 bridgehead atoms. The summed E-state index contributed by atoms with van der Waals surface area (Å²) in [4.78, 5) is 28.5. The molecule has 2 aromatic carbocycles. The Morgan fingerprint density at radius 2 is 2.00 bits per heavy atom. The van der Waals surface area contributed by atoms with Crippen molar-refractivity contribution in [3.05, 3.63) is 53.6 Å². The highest BCUT2D eigenvalue weighted by molar-refractivity contribution is 6.01. The lowest BCUT2D eigenvalue weighted by Gasteiger charge is -2.25. The highest BCUT2D eigenvalue weighted by atomic mass is 16.2. The molecule has 28 heavy (non-hydrogen) atoms. The molecular formula is C22H22N4O2. The number of carbonyl (C=O) groups is 2. The summed E-state index contributed by atoms with van der Waals surface area (Å²) < 4.78 is 0. The lowest BCUT2D eigenvalue weighted by atomic mass is 9.96. The summed E-state index contributed by atoms with van der Waals surface area (Å²) in [5.74, 6) is -0.113. The number of benzene rings is 2. The molecule has 1 N–H and O–H groups in total. The summed E-state index contributed by atoms with van der Waals surface area (Å²) in [6.07, 6.45) is 4.51. The van der Waals surface area contributed by atoms with Crippen molar-refractivity contribution < 1.29 is 9.59 Å². The van der Waals surface area contributed by atoms with Gasteiger partial charge in [-0.25, -0.2) is 0 Å². The van der Waals surface area contributed by atoms with Gasteiger partial charge in [-0.3, -0.25) is 14.5 Å². The zero-order valence-electron chi connectivity index (χ0n) is 15.8. The van der Waals surface area contributed by atoms with Crippen LogP contribution in [0.1, 0.15) is 28.8 Å². The van der Waals surface area contributed by atoms with Gasteiger partial charge in [0.1, 0.15) is 6.04 Å². The Bertz CT molecular complexity index is 979. The second-order valence-electron chi connectivity index (χ2n) is 7.15. The average Bonchev–Trinajstić information content (AvgIpc) is 3.39. The lowest BCUT2D eigenvalue weighted by molar-refractivity contribution is -0.121. The summed E-state index contributed by atoms with van der Waals surface area (Å²) in [6, 6.07) is 13.1. The summed E-state index contributed by atoms with van der Waals surface area (Å²) in [5, 5.41) is 11.9. The van der Waals surface area contributed by atoms with Gasteiger partial charge in [0, 0.05) is 31.4 Å². The molecule has 4 rings (SSSR count). The molecule has 0 radical (unpaired) electrons. The molecule has 0 unspecified atom stereocenters. The van der Waals surface area contributed by atoms with E-state index in [0.717, 1.165) is 41.6 Å². The molecule has 6 heteroatoms. The average molecular weight is 374 g/mol. The molecular weight excluding hydrogens is 352 g/mol. The third-order valence-corrected chi connectivity index (χ3v) is 5.62.